The van der Waals surface area contributed by atoms with E-state index in [2.05, 4.69) is 9.98 Å². The number of nitrogen functional groups attached to an aromatic ring is 1. The molecule has 2 aliphatic rings. The van der Waals surface area contributed by atoms with E-state index in [1.807, 2.05) is 12.1 Å². The van der Waals surface area contributed by atoms with Gasteiger partial charge >= 0.3 is 0 Å². The zero-order valence-electron chi connectivity index (χ0n) is 16.5. The molecule has 0 atom stereocenters. The highest BCUT2D eigenvalue weighted by atomic mass is 19.1. The highest BCUT2D eigenvalue weighted by Crippen LogP contribution is 2.27. The maximum Gasteiger partial charge on any atom is 0.236 e. The number of hydrogen-bond donors (Lipinski definition) is 3. The standard InChI is InChI=1S/C13H14FN5.C6H12.C3H6/c14-13-11(17)4-10(6-18-13)8-1-2-12(19-7-16)9(3-8)5-15;1-2-4-6-5-3-1;1-2-3-1/h1-4,6-7H,5,15,17H2,(H2,16,19);1-6H2;1-3H2. The van der Waals surface area contributed by atoms with Crippen molar-refractivity contribution in [3.63, 3.8) is 0 Å². The number of pyridine rings is 1. The summed E-state index contributed by atoms with van der Waals surface area (Å²) in [6.07, 6.45) is 16.1. The van der Waals surface area contributed by atoms with Gasteiger partial charge in [0, 0.05) is 18.3 Å². The van der Waals surface area contributed by atoms with E-state index in [1.165, 1.54) is 76.4 Å². The summed E-state index contributed by atoms with van der Waals surface area (Å²) in [6, 6.07) is 7.01. The van der Waals surface area contributed by atoms with Crippen molar-refractivity contribution in [1.82, 2.24) is 4.98 Å². The summed E-state index contributed by atoms with van der Waals surface area (Å²) in [5.74, 6) is -0.674. The minimum absolute atomic E-state index is 0.0101. The molecule has 2 saturated carbocycles. The fourth-order valence-corrected chi connectivity index (χ4v) is 2.82. The number of halogens is 1. The van der Waals surface area contributed by atoms with Gasteiger partial charge in [0.2, 0.25) is 5.95 Å². The first kappa shape index (κ1) is 21.8. The Morgan fingerprint density at radius 2 is 1.50 bits per heavy atom. The van der Waals surface area contributed by atoms with Crippen molar-refractivity contribution in [3.05, 3.63) is 42.0 Å². The lowest BCUT2D eigenvalue weighted by Crippen LogP contribution is -1.99. The number of aliphatic imine (C=N–C) groups is 1. The normalized spacial score (nSPS) is 15.2. The SMILES string of the molecule is C1CC1.C1CCCCC1.NC=Nc1ccc(-c2cnc(F)c(N)c2)cc1CN. The molecular weight excluding hydrogens is 353 g/mol. The van der Waals surface area contributed by atoms with Gasteiger partial charge < -0.3 is 17.2 Å². The fourth-order valence-electron chi connectivity index (χ4n) is 2.82. The summed E-state index contributed by atoms with van der Waals surface area (Å²) in [5.41, 5.74) is 19.6. The molecule has 0 bridgehead atoms. The summed E-state index contributed by atoms with van der Waals surface area (Å²) in [5, 5.41) is 0. The molecule has 6 heteroatoms. The van der Waals surface area contributed by atoms with Crippen LogP contribution in [0.3, 0.4) is 0 Å². The van der Waals surface area contributed by atoms with Crippen molar-refractivity contribution in [3.8, 4) is 11.1 Å². The van der Waals surface area contributed by atoms with E-state index in [0.717, 1.165) is 16.7 Å². The molecule has 5 nitrogen and oxygen atoms in total. The van der Waals surface area contributed by atoms with Crippen molar-refractivity contribution in [2.75, 3.05) is 5.73 Å². The van der Waals surface area contributed by atoms with Crippen molar-refractivity contribution < 1.29 is 4.39 Å². The maximum absolute atomic E-state index is 13.0. The van der Waals surface area contributed by atoms with Crippen LogP contribution in [-0.4, -0.2) is 11.3 Å². The van der Waals surface area contributed by atoms with Crippen LogP contribution in [0.5, 0.6) is 0 Å². The predicted molar refractivity (Wildman–Crippen MR) is 116 cm³/mol. The largest absolute Gasteiger partial charge is 0.395 e. The molecule has 0 saturated heterocycles. The maximum atomic E-state index is 13.0. The molecule has 0 spiro atoms. The van der Waals surface area contributed by atoms with E-state index in [1.54, 1.807) is 6.07 Å². The first-order valence-electron chi connectivity index (χ1n) is 10.1. The van der Waals surface area contributed by atoms with E-state index < -0.39 is 5.95 Å². The highest BCUT2D eigenvalue weighted by molar-refractivity contribution is 5.71. The molecule has 0 unspecified atom stereocenters. The first-order chi connectivity index (χ1) is 13.7. The monoisotopic (exact) mass is 385 g/mol. The lowest BCUT2D eigenvalue weighted by atomic mass is 10.0. The third kappa shape index (κ3) is 7.64. The van der Waals surface area contributed by atoms with Crippen LogP contribution in [0.4, 0.5) is 15.8 Å². The van der Waals surface area contributed by atoms with E-state index in [-0.39, 0.29) is 5.69 Å². The number of hydrogen-bond acceptors (Lipinski definition) is 4. The van der Waals surface area contributed by atoms with Gasteiger partial charge in [-0.1, -0.05) is 63.9 Å². The van der Waals surface area contributed by atoms with Crippen molar-refractivity contribution in [2.24, 2.45) is 16.5 Å². The number of rotatable bonds is 3. The van der Waals surface area contributed by atoms with Crippen LogP contribution in [0.25, 0.3) is 11.1 Å². The number of anilines is 1. The molecular formula is C22H32FN5. The van der Waals surface area contributed by atoms with Crippen LogP contribution >= 0.6 is 0 Å². The van der Waals surface area contributed by atoms with Crippen LogP contribution < -0.4 is 17.2 Å². The lowest BCUT2D eigenvalue weighted by Gasteiger charge is -2.08. The number of aromatic nitrogens is 1. The van der Waals surface area contributed by atoms with Gasteiger partial charge in [0.25, 0.3) is 0 Å². The van der Waals surface area contributed by atoms with Gasteiger partial charge in [-0.15, -0.1) is 0 Å². The summed E-state index contributed by atoms with van der Waals surface area (Å²) in [7, 11) is 0. The van der Waals surface area contributed by atoms with Gasteiger partial charge in [-0.3, -0.25) is 0 Å². The molecule has 2 aliphatic carbocycles. The second kappa shape index (κ2) is 12.1. The van der Waals surface area contributed by atoms with Gasteiger partial charge in [0.05, 0.1) is 17.7 Å². The van der Waals surface area contributed by atoms with Crippen molar-refractivity contribution >= 4 is 17.7 Å². The summed E-state index contributed by atoms with van der Waals surface area (Å²) < 4.78 is 13.0. The molecule has 1 heterocycles. The molecule has 4 rings (SSSR count). The smallest absolute Gasteiger partial charge is 0.236 e. The molecule has 1 aromatic carbocycles. The Labute approximate surface area is 167 Å². The Kier molecular flexibility index (Phi) is 9.42. The Hall–Kier alpha value is -2.47. The zero-order valence-corrected chi connectivity index (χ0v) is 16.5. The van der Waals surface area contributed by atoms with E-state index in [9.17, 15) is 4.39 Å². The minimum Gasteiger partial charge on any atom is -0.395 e. The van der Waals surface area contributed by atoms with Gasteiger partial charge in [-0.2, -0.15) is 4.39 Å². The number of nitrogens with two attached hydrogens (primary N) is 3. The van der Waals surface area contributed by atoms with Gasteiger partial charge in [0.15, 0.2) is 0 Å². The molecule has 0 amide bonds. The fraction of sp³-hybridized carbons (Fsp3) is 0.455. The van der Waals surface area contributed by atoms with E-state index in [0.29, 0.717) is 12.2 Å². The molecule has 0 radical (unpaired) electrons. The predicted octanol–water partition coefficient (Wildman–Crippen LogP) is 5.06. The molecule has 0 aliphatic heterocycles. The lowest BCUT2D eigenvalue weighted by molar-refractivity contribution is 0.504. The molecule has 2 fully saturated rings. The minimum atomic E-state index is -0.674. The quantitative estimate of drug-likeness (QED) is 0.390. The average Bonchev–Trinajstić information content (AvgIpc) is 3.62. The van der Waals surface area contributed by atoms with Crippen LogP contribution in [0, 0.1) is 5.95 Å². The first-order valence-corrected chi connectivity index (χ1v) is 10.1. The Balaban J connectivity index is 0.000000253. The van der Waals surface area contributed by atoms with Crippen LogP contribution in [-0.2, 0) is 6.54 Å². The topological polar surface area (TPSA) is 103 Å². The molecule has 1 aromatic heterocycles. The van der Waals surface area contributed by atoms with Gasteiger partial charge in [-0.05, 0) is 29.3 Å². The van der Waals surface area contributed by atoms with E-state index in [4.69, 9.17) is 17.2 Å². The Morgan fingerprint density at radius 1 is 0.929 bits per heavy atom. The second-order valence-corrected chi connectivity index (χ2v) is 7.11. The van der Waals surface area contributed by atoms with Crippen LogP contribution in [0.15, 0.2) is 35.5 Å². The van der Waals surface area contributed by atoms with Gasteiger partial charge in [-0.25, -0.2) is 9.98 Å². The Morgan fingerprint density at radius 3 is 1.96 bits per heavy atom. The summed E-state index contributed by atoms with van der Waals surface area (Å²) in [4.78, 5) is 7.61. The summed E-state index contributed by atoms with van der Waals surface area (Å²) >= 11 is 0. The van der Waals surface area contributed by atoms with Crippen molar-refractivity contribution in [2.45, 2.75) is 64.3 Å². The number of nitrogens with zero attached hydrogens (tertiary/aromatic N) is 2. The third-order valence-corrected chi connectivity index (χ3v) is 4.57. The van der Waals surface area contributed by atoms with Crippen molar-refractivity contribution in [1.29, 1.82) is 0 Å². The second-order valence-electron chi connectivity index (χ2n) is 7.11. The van der Waals surface area contributed by atoms with Gasteiger partial charge in [0.1, 0.15) is 0 Å². The summed E-state index contributed by atoms with van der Waals surface area (Å²) in [6.45, 7) is 0.324. The van der Waals surface area contributed by atoms with E-state index >= 15 is 0 Å². The number of benzene rings is 1. The Bertz CT molecular complexity index is 740. The zero-order chi connectivity index (χ0) is 20.2. The molecule has 152 valence electrons. The average molecular weight is 386 g/mol. The van der Waals surface area contributed by atoms with Crippen LogP contribution in [0.2, 0.25) is 0 Å². The molecule has 2 aromatic rings. The molecule has 6 N–H and O–H groups in total. The van der Waals surface area contributed by atoms with Crippen LogP contribution in [0.1, 0.15) is 63.4 Å². The third-order valence-electron chi connectivity index (χ3n) is 4.57. The highest BCUT2D eigenvalue weighted by Gasteiger charge is 2.06. The molecule has 28 heavy (non-hydrogen) atoms.